The van der Waals surface area contributed by atoms with Gasteiger partial charge in [-0.1, -0.05) is 6.07 Å². The largest absolute Gasteiger partial charge is 0.369 e. The lowest BCUT2D eigenvalue weighted by Crippen LogP contribution is -2.54. The number of nitrogens with zero attached hydrogens (tertiary/aromatic N) is 3. The molecule has 0 unspecified atom stereocenters. The van der Waals surface area contributed by atoms with Crippen LogP contribution in [0.15, 0.2) is 18.2 Å². The van der Waals surface area contributed by atoms with Crippen LogP contribution in [-0.4, -0.2) is 67.9 Å². The number of aryl methyl sites for hydroxylation is 1. The molecule has 1 atom stereocenters. The highest BCUT2D eigenvalue weighted by Crippen LogP contribution is 2.25. The van der Waals surface area contributed by atoms with Crippen LogP contribution in [0, 0.1) is 6.92 Å². The van der Waals surface area contributed by atoms with Gasteiger partial charge in [0.05, 0.1) is 18.3 Å². The van der Waals surface area contributed by atoms with Gasteiger partial charge in [0, 0.05) is 32.9 Å². The second kappa shape index (κ2) is 7.27. The van der Waals surface area contributed by atoms with Crippen molar-refractivity contribution in [2.75, 3.05) is 45.3 Å². The molecular weight excluding hydrogens is 294 g/mol. The Labute approximate surface area is 138 Å². The van der Waals surface area contributed by atoms with Gasteiger partial charge in [-0.25, -0.2) is 4.98 Å². The summed E-state index contributed by atoms with van der Waals surface area (Å²) in [7, 11) is 3.44. The fourth-order valence-corrected chi connectivity index (χ4v) is 2.67. The molecule has 1 saturated heterocycles. The molecule has 0 aliphatic carbocycles. The first-order chi connectivity index (χ1) is 10.8. The summed E-state index contributed by atoms with van der Waals surface area (Å²) in [6, 6.07) is 6.02. The Morgan fingerprint density at radius 2 is 2.22 bits per heavy atom. The summed E-state index contributed by atoms with van der Waals surface area (Å²) in [5.74, 6) is 0.910. The third kappa shape index (κ3) is 5.18. The van der Waals surface area contributed by atoms with E-state index in [1.165, 1.54) is 4.90 Å². The monoisotopic (exact) mass is 321 g/mol. The van der Waals surface area contributed by atoms with Gasteiger partial charge in [0.1, 0.15) is 12.4 Å². The van der Waals surface area contributed by atoms with E-state index >= 15 is 0 Å². The molecular formula is C17H27N3O3. The van der Waals surface area contributed by atoms with E-state index in [9.17, 15) is 4.79 Å². The summed E-state index contributed by atoms with van der Waals surface area (Å²) in [4.78, 5) is 19.9. The zero-order valence-corrected chi connectivity index (χ0v) is 14.7. The van der Waals surface area contributed by atoms with Crippen LogP contribution in [0.25, 0.3) is 0 Å². The quantitative estimate of drug-likeness (QED) is 0.822. The normalized spacial score (nSPS) is 20.4. The Morgan fingerprint density at radius 1 is 1.48 bits per heavy atom. The standard InChI is InChI=1S/C17H27N3O3/c1-13-7-6-8-15(18-13)20-9-14(23-17(2,3)12-20)10-22-11-16(21)19(4)5/h6-8,14H,9-12H2,1-5H3/t14-/m1/s1. The van der Waals surface area contributed by atoms with E-state index in [0.29, 0.717) is 13.2 Å². The molecule has 1 aliphatic rings. The second-order valence-electron chi connectivity index (χ2n) is 6.82. The van der Waals surface area contributed by atoms with Crippen molar-refractivity contribution in [2.24, 2.45) is 0 Å². The first-order valence-electron chi connectivity index (χ1n) is 7.91. The number of likely N-dealkylation sites (N-methyl/N-ethyl adjacent to an activating group) is 1. The zero-order chi connectivity index (χ0) is 17.0. The lowest BCUT2D eigenvalue weighted by Gasteiger charge is -2.43. The summed E-state index contributed by atoms with van der Waals surface area (Å²) in [5, 5.41) is 0. The molecule has 0 saturated carbocycles. The van der Waals surface area contributed by atoms with Gasteiger partial charge >= 0.3 is 0 Å². The number of hydrogen-bond acceptors (Lipinski definition) is 5. The van der Waals surface area contributed by atoms with Crippen LogP contribution in [0.1, 0.15) is 19.5 Å². The lowest BCUT2D eigenvalue weighted by molar-refractivity contribution is -0.139. The van der Waals surface area contributed by atoms with E-state index in [1.807, 2.05) is 25.1 Å². The topological polar surface area (TPSA) is 54.9 Å². The van der Waals surface area contributed by atoms with Crippen molar-refractivity contribution < 1.29 is 14.3 Å². The summed E-state index contributed by atoms with van der Waals surface area (Å²) >= 11 is 0. The summed E-state index contributed by atoms with van der Waals surface area (Å²) < 4.78 is 11.6. The number of pyridine rings is 1. The fourth-order valence-electron chi connectivity index (χ4n) is 2.67. The minimum Gasteiger partial charge on any atom is -0.369 e. The molecule has 1 amide bonds. The van der Waals surface area contributed by atoms with Crippen molar-refractivity contribution >= 4 is 11.7 Å². The van der Waals surface area contributed by atoms with Gasteiger partial charge in [0.15, 0.2) is 0 Å². The Balaban J connectivity index is 1.97. The minimum atomic E-state index is -0.288. The van der Waals surface area contributed by atoms with Gasteiger partial charge in [-0.2, -0.15) is 0 Å². The zero-order valence-electron chi connectivity index (χ0n) is 14.7. The molecule has 6 nitrogen and oxygen atoms in total. The number of carbonyl (C=O) groups excluding carboxylic acids is 1. The molecule has 128 valence electrons. The Morgan fingerprint density at radius 3 is 2.87 bits per heavy atom. The van der Waals surface area contributed by atoms with Gasteiger partial charge in [-0.15, -0.1) is 0 Å². The first-order valence-corrected chi connectivity index (χ1v) is 7.91. The minimum absolute atomic E-state index is 0.0442. The van der Waals surface area contributed by atoms with Gasteiger partial charge < -0.3 is 19.3 Å². The molecule has 2 heterocycles. The second-order valence-corrected chi connectivity index (χ2v) is 6.82. The molecule has 23 heavy (non-hydrogen) atoms. The number of carbonyl (C=O) groups is 1. The highest BCUT2D eigenvalue weighted by atomic mass is 16.5. The fraction of sp³-hybridized carbons (Fsp3) is 0.647. The van der Waals surface area contributed by atoms with Crippen molar-refractivity contribution in [3.63, 3.8) is 0 Å². The molecule has 1 aromatic rings. The molecule has 1 aliphatic heterocycles. The van der Waals surface area contributed by atoms with Crippen LogP contribution in [0.3, 0.4) is 0 Å². The van der Waals surface area contributed by atoms with Crippen LogP contribution < -0.4 is 4.90 Å². The highest BCUT2D eigenvalue weighted by Gasteiger charge is 2.34. The number of ether oxygens (including phenoxy) is 2. The van der Waals surface area contributed by atoms with Crippen molar-refractivity contribution in [3.8, 4) is 0 Å². The van der Waals surface area contributed by atoms with E-state index in [-0.39, 0.29) is 24.2 Å². The Bertz CT molecular complexity index is 546. The van der Waals surface area contributed by atoms with E-state index in [0.717, 1.165) is 18.1 Å². The van der Waals surface area contributed by atoms with Gasteiger partial charge in [0.25, 0.3) is 0 Å². The molecule has 0 N–H and O–H groups in total. The summed E-state index contributed by atoms with van der Waals surface area (Å²) in [6.45, 7) is 8.07. The van der Waals surface area contributed by atoms with Crippen molar-refractivity contribution in [1.29, 1.82) is 0 Å². The number of aromatic nitrogens is 1. The average molecular weight is 321 g/mol. The van der Waals surface area contributed by atoms with E-state index in [2.05, 4.69) is 23.7 Å². The summed E-state index contributed by atoms with van der Waals surface area (Å²) in [6.07, 6.45) is -0.0870. The van der Waals surface area contributed by atoms with E-state index in [1.54, 1.807) is 14.1 Å². The third-order valence-electron chi connectivity index (χ3n) is 3.71. The number of anilines is 1. The molecule has 2 rings (SSSR count). The van der Waals surface area contributed by atoms with E-state index < -0.39 is 0 Å². The lowest BCUT2D eigenvalue weighted by atomic mass is 10.1. The van der Waals surface area contributed by atoms with Crippen molar-refractivity contribution in [3.05, 3.63) is 23.9 Å². The molecule has 0 radical (unpaired) electrons. The molecule has 0 bridgehead atoms. The predicted molar refractivity (Wildman–Crippen MR) is 89.7 cm³/mol. The molecule has 0 spiro atoms. The number of morpholine rings is 1. The van der Waals surface area contributed by atoms with Gasteiger partial charge in [0.2, 0.25) is 5.91 Å². The summed E-state index contributed by atoms with van der Waals surface area (Å²) in [5.41, 5.74) is 0.708. The smallest absolute Gasteiger partial charge is 0.248 e. The molecule has 1 aromatic heterocycles. The van der Waals surface area contributed by atoms with Crippen LogP contribution in [0.4, 0.5) is 5.82 Å². The molecule has 1 fully saturated rings. The van der Waals surface area contributed by atoms with E-state index in [4.69, 9.17) is 9.47 Å². The molecule has 0 aromatic carbocycles. The number of amides is 1. The Kier molecular flexibility index (Phi) is 5.59. The Hall–Kier alpha value is -1.66. The highest BCUT2D eigenvalue weighted by molar-refractivity contribution is 5.76. The maximum Gasteiger partial charge on any atom is 0.248 e. The number of hydrogen-bond donors (Lipinski definition) is 0. The van der Waals surface area contributed by atoms with Crippen molar-refractivity contribution in [2.45, 2.75) is 32.5 Å². The maximum atomic E-state index is 11.6. The van der Waals surface area contributed by atoms with Gasteiger partial charge in [-0.3, -0.25) is 4.79 Å². The van der Waals surface area contributed by atoms with Crippen LogP contribution >= 0.6 is 0 Å². The third-order valence-corrected chi connectivity index (χ3v) is 3.71. The van der Waals surface area contributed by atoms with Crippen LogP contribution in [0.2, 0.25) is 0 Å². The maximum absolute atomic E-state index is 11.6. The first kappa shape index (κ1) is 17.7. The average Bonchev–Trinajstić information content (AvgIpc) is 2.45. The predicted octanol–water partition coefficient (Wildman–Crippen LogP) is 1.48. The van der Waals surface area contributed by atoms with Crippen LogP contribution in [-0.2, 0) is 14.3 Å². The van der Waals surface area contributed by atoms with Crippen molar-refractivity contribution in [1.82, 2.24) is 9.88 Å². The van der Waals surface area contributed by atoms with Gasteiger partial charge in [-0.05, 0) is 32.9 Å². The number of rotatable bonds is 5. The SMILES string of the molecule is Cc1cccc(N2C[C@H](COCC(=O)N(C)C)OC(C)(C)C2)n1. The van der Waals surface area contributed by atoms with Crippen LogP contribution in [0.5, 0.6) is 0 Å². The molecule has 6 heteroatoms.